The van der Waals surface area contributed by atoms with Crippen LogP contribution < -0.4 is 0 Å². The highest BCUT2D eigenvalue weighted by Gasteiger charge is 2.16. The number of unbranched alkanes of at least 4 members (excludes halogenated alkanes) is 37. The molecule has 0 amide bonds. The Morgan fingerprint density at radius 2 is 0.571 bits per heavy atom. The number of carbonyl (C=O) groups is 2. The van der Waals surface area contributed by atoms with Crippen molar-refractivity contribution >= 4 is 11.9 Å². The van der Waals surface area contributed by atoms with Crippen LogP contribution in [0.3, 0.4) is 0 Å². The SMILES string of the molecule is CCCCCCCCCCCCCCC(CCCCCCCCCCCC)C(=O)O.CCCCCCCCCCCCCCCC(=O)OCCCCCCCC. The van der Waals surface area contributed by atoms with Gasteiger partial charge >= 0.3 is 11.9 Å². The average Bonchev–Trinajstić information content (AvgIpc) is 3.19. The molecule has 0 heterocycles. The van der Waals surface area contributed by atoms with Crippen molar-refractivity contribution in [1.82, 2.24) is 0 Å². The molecule has 1 atom stereocenters. The van der Waals surface area contributed by atoms with Gasteiger partial charge in [-0.25, -0.2) is 0 Å². The van der Waals surface area contributed by atoms with Crippen LogP contribution in [0.25, 0.3) is 0 Å². The molecule has 0 bridgehead atoms. The molecular weight excluding hydrogens is 689 g/mol. The summed E-state index contributed by atoms with van der Waals surface area (Å²) in [6.45, 7) is 9.68. The maximum atomic E-state index is 11.7. The number of esters is 1. The summed E-state index contributed by atoms with van der Waals surface area (Å²) in [5.41, 5.74) is 0. The molecule has 0 aromatic heterocycles. The maximum Gasteiger partial charge on any atom is 0.306 e. The molecule has 1 N–H and O–H groups in total. The van der Waals surface area contributed by atoms with Crippen molar-refractivity contribution in [1.29, 1.82) is 0 Å². The molecule has 0 aliphatic rings. The molecule has 0 radical (unpaired) electrons. The standard InChI is InChI=1S/C28H56O2.C24H48O2/c1-3-5-7-9-11-13-15-16-18-20-22-24-26-27(28(29)30)25-23-21-19-17-14-12-10-8-6-4-2;1-3-5-7-9-11-12-13-14-15-16-17-18-20-22-24(25)26-23-21-19-10-8-6-4-2/h27H,3-26H2,1-2H3,(H,29,30);3-23H2,1-2H3. The number of carboxylic acids is 1. The Morgan fingerprint density at radius 1 is 0.339 bits per heavy atom. The van der Waals surface area contributed by atoms with Gasteiger partial charge in [0.05, 0.1) is 12.5 Å². The van der Waals surface area contributed by atoms with Crippen LogP contribution in [0.5, 0.6) is 0 Å². The van der Waals surface area contributed by atoms with Crippen molar-refractivity contribution in [3.05, 3.63) is 0 Å². The molecule has 336 valence electrons. The highest BCUT2D eigenvalue weighted by atomic mass is 16.5. The molecule has 56 heavy (non-hydrogen) atoms. The van der Waals surface area contributed by atoms with Gasteiger partial charge in [-0.15, -0.1) is 0 Å². The summed E-state index contributed by atoms with van der Waals surface area (Å²) in [5.74, 6) is -0.641. The molecule has 0 saturated carbocycles. The molecule has 0 aromatic carbocycles. The van der Waals surface area contributed by atoms with E-state index >= 15 is 0 Å². The lowest BCUT2D eigenvalue weighted by Crippen LogP contribution is -2.13. The summed E-state index contributed by atoms with van der Waals surface area (Å²) < 4.78 is 5.32. The molecule has 4 heteroatoms. The van der Waals surface area contributed by atoms with E-state index in [0.29, 0.717) is 13.0 Å². The predicted octanol–water partition coefficient (Wildman–Crippen LogP) is 18.5. The van der Waals surface area contributed by atoms with Gasteiger partial charge < -0.3 is 9.84 Å². The molecule has 0 aliphatic heterocycles. The quantitative estimate of drug-likeness (QED) is 0.0492. The van der Waals surface area contributed by atoms with E-state index < -0.39 is 5.97 Å². The van der Waals surface area contributed by atoms with E-state index in [0.717, 1.165) is 38.5 Å². The van der Waals surface area contributed by atoms with Gasteiger partial charge in [0.2, 0.25) is 0 Å². The summed E-state index contributed by atoms with van der Waals surface area (Å²) in [5, 5.41) is 9.49. The van der Waals surface area contributed by atoms with Crippen LogP contribution in [0.4, 0.5) is 0 Å². The molecule has 0 rings (SSSR count). The topological polar surface area (TPSA) is 63.6 Å². The maximum absolute atomic E-state index is 11.7. The minimum atomic E-state index is -0.561. The van der Waals surface area contributed by atoms with Gasteiger partial charge in [0.15, 0.2) is 0 Å². The van der Waals surface area contributed by atoms with Crippen molar-refractivity contribution < 1.29 is 19.4 Å². The number of carbonyl (C=O) groups excluding carboxylic acids is 1. The molecule has 0 aliphatic carbocycles. The second kappa shape index (κ2) is 52.0. The minimum Gasteiger partial charge on any atom is -0.481 e. The van der Waals surface area contributed by atoms with Crippen molar-refractivity contribution in [3.8, 4) is 0 Å². The number of aliphatic carboxylic acids is 1. The summed E-state index contributed by atoms with van der Waals surface area (Å²) in [7, 11) is 0. The van der Waals surface area contributed by atoms with Gasteiger partial charge in [0, 0.05) is 6.42 Å². The zero-order valence-corrected chi connectivity index (χ0v) is 39.1. The van der Waals surface area contributed by atoms with E-state index in [1.807, 2.05) is 0 Å². The molecular formula is C52H104O4. The number of carboxylic acid groups (broad SMARTS) is 1. The highest BCUT2D eigenvalue weighted by Crippen LogP contribution is 2.21. The Hall–Kier alpha value is -1.06. The molecule has 0 aromatic rings. The van der Waals surface area contributed by atoms with Crippen molar-refractivity contribution in [2.24, 2.45) is 5.92 Å². The van der Waals surface area contributed by atoms with Crippen LogP contribution in [0.2, 0.25) is 0 Å². The van der Waals surface area contributed by atoms with Crippen LogP contribution in [-0.4, -0.2) is 23.7 Å². The average molecular weight is 793 g/mol. The molecule has 0 spiro atoms. The van der Waals surface area contributed by atoms with E-state index in [9.17, 15) is 14.7 Å². The number of rotatable bonds is 46. The Bertz CT molecular complexity index is 736. The third kappa shape index (κ3) is 51.0. The van der Waals surface area contributed by atoms with E-state index in [4.69, 9.17) is 4.74 Å². The summed E-state index contributed by atoms with van der Waals surface area (Å²) in [6.07, 6.45) is 56.6. The minimum absolute atomic E-state index is 0.0154. The smallest absolute Gasteiger partial charge is 0.306 e. The fraction of sp³-hybridized carbons (Fsp3) is 0.962. The molecule has 0 saturated heterocycles. The first-order valence-electron chi connectivity index (χ1n) is 25.9. The van der Waals surface area contributed by atoms with E-state index in [1.54, 1.807) is 0 Å². The summed E-state index contributed by atoms with van der Waals surface area (Å²) >= 11 is 0. The van der Waals surface area contributed by atoms with Gasteiger partial charge in [-0.05, 0) is 25.7 Å². The second-order valence-corrected chi connectivity index (χ2v) is 17.7. The van der Waals surface area contributed by atoms with E-state index in [2.05, 4.69) is 27.7 Å². The lowest BCUT2D eigenvalue weighted by Gasteiger charge is -2.12. The van der Waals surface area contributed by atoms with Crippen LogP contribution in [0.1, 0.15) is 310 Å². The lowest BCUT2D eigenvalue weighted by atomic mass is 9.94. The van der Waals surface area contributed by atoms with Gasteiger partial charge in [-0.1, -0.05) is 278 Å². The largest absolute Gasteiger partial charge is 0.481 e. The zero-order valence-electron chi connectivity index (χ0n) is 39.1. The first kappa shape index (κ1) is 57.0. The van der Waals surface area contributed by atoms with Gasteiger partial charge in [0.1, 0.15) is 0 Å². The van der Waals surface area contributed by atoms with Crippen LogP contribution in [-0.2, 0) is 14.3 Å². The Morgan fingerprint density at radius 3 is 0.839 bits per heavy atom. The molecule has 4 nitrogen and oxygen atoms in total. The monoisotopic (exact) mass is 793 g/mol. The molecule has 1 unspecified atom stereocenters. The Kier molecular flexibility index (Phi) is 52.9. The fourth-order valence-corrected chi connectivity index (χ4v) is 7.93. The lowest BCUT2D eigenvalue weighted by molar-refractivity contribution is -0.144. The van der Waals surface area contributed by atoms with Crippen LogP contribution >= 0.6 is 0 Å². The van der Waals surface area contributed by atoms with Crippen molar-refractivity contribution in [2.75, 3.05) is 6.61 Å². The normalized spacial score (nSPS) is 11.7. The van der Waals surface area contributed by atoms with E-state index in [1.165, 1.54) is 238 Å². The van der Waals surface area contributed by atoms with Gasteiger partial charge in [0.25, 0.3) is 0 Å². The number of hydrogen-bond donors (Lipinski definition) is 1. The molecule has 0 fully saturated rings. The highest BCUT2D eigenvalue weighted by molar-refractivity contribution is 5.70. The van der Waals surface area contributed by atoms with Gasteiger partial charge in [-0.2, -0.15) is 0 Å². The third-order valence-corrected chi connectivity index (χ3v) is 11.9. The van der Waals surface area contributed by atoms with Crippen molar-refractivity contribution in [2.45, 2.75) is 310 Å². The van der Waals surface area contributed by atoms with Gasteiger partial charge in [-0.3, -0.25) is 9.59 Å². The summed E-state index contributed by atoms with van der Waals surface area (Å²) in [4.78, 5) is 23.2. The fourth-order valence-electron chi connectivity index (χ4n) is 7.93. The van der Waals surface area contributed by atoms with Crippen LogP contribution in [0, 0.1) is 5.92 Å². The van der Waals surface area contributed by atoms with Crippen molar-refractivity contribution in [3.63, 3.8) is 0 Å². The first-order valence-corrected chi connectivity index (χ1v) is 25.9. The predicted molar refractivity (Wildman–Crippen MR) is 248 cm³/mol. The third-order valence-electron chi connectivity index (χ3n) is 11.9. The zero-order chi connectivity index (χ0) is 41.3. The number of ether oxygens (including phenoxy) is 1. The Balaban J connectivity index is 0. The first-order chi connectivity index (χ1) is 27.5. The van der Waals surface area contributed by atoms with E-state index in [-0.39, 0.29) is 11.9 Å². The summed E-state index contributed by atoms with van der Waals surface area (Å²) in [6, 6.07) is 0. The number of hydrogen-bond acceptors (Lipinski definition) is 3. The second-order valence-electron chi connectivity index (χ2n) is 17.7. The Labute approximate surface area is 353 Å². The van der Waals surface area contributed by atoms with Crippen LogP contribution in [0.15, 0.2) is 0 Å².